The maximum atomic E-state index is 13.2. The highest BCUT2D eigenvalue weighted by molar-refractivity contribution is 5.97. The van der Waals surface area contributed by atoms with Crippen LogP contribution in [0.1, 0.15) is 45.1 Å². The van der Waals surface area contributed by atoms with Crippen molar-refractivity contribution in [3.63, 3.8) is 0 Å². The van der Waals surface area contributed by atoms with Gasteiger partial charge < -0.3 is 37.5 Å². The molecule has 0 heterocycles. The lowest BCUT2D eigenvalue weighted by Crippen LogP contribution is -2.56. The molecular formula is C27H42N6O7. The van der Waals surface area contributed by atoms with Gasteiger partial charge >= 0.3 is 0 Å². The van der Waals surface area contributed by atoms with Crippen molar-refractivity contribution in [3.8, 4) is 0 Å². The molecule has 13 nitrogen and oxygen atoms in total. The van der Waals surface area contributed by atoms with Crippen LogP contribution >= 0.6 is 0 Å². The van der Waals surface area contributed by atoms with Crippen LogP contribution in [0.15, 0.2) is 30.3 Å². The Balaban J connectivity index is 2.91. The Labute approximate surface area is 234 Å². The van der Waals surface area contributed by atoms with Gasteiger partial charge in [-0.1, -0.05) is 37.3 Å². The average Bonchev–Trinajstić information content (AvgIpc) is 2.91. The number of hydrogen-bond acceptors (Lipinski definition) is 9. The summed E-state index contributed by atoms with van der Waals surface area (Å²) in [5, 5.41) is 10.7. The van der Waals surface area contributed by atoms with Crippen LogP contribution in [-0.2, 0) is 39.9 Å². The number of amides is 4. The smallest absolute Gasteiger partial charge is 0.243 e. The molecule has 8 N–H and O–H groups in total. The monoisotopic (exact) mass is 562 g/mol. The van der Waals surface area contributed by atoms with E-state index in [1.807, 2.05) is 37.3 Å². The summed E-state index contributed by atoms with van der Waals surface area (Å²) >= 11 is 0. The van der Waals surface area contributed by atoms with Gasteiger partial charge in [0.2, 0.25) is 23.6 Å². The highest BCUT2D eigenvalue weighted by Gasteiger charge is 2.30. The van der Waals surface area contributed by atoms with Crippen LogP contribution in [0.3, 0.4) is 0 Å². The van der Waals surface area contributed by atoms with Crippen molar-refractivity contribution in [2.75, 3.05) is 26.8 Å². The zero-order valence-corrected chi connectivity index (χ0v) is 23.4. The Morgan fingerprint density at radius 1 is 0.875 bits per heavy atom. The Kier molecular flexibility index (Phi) is 16.0. The summed E-state index contributed by atoms with van der Waals surface area (Å²) in [5.74, 6) is -3.68. The lowest BCUT2D eigenvalue weighted by molar-refractivity contribution is -0.133. The predicted octanol–water partition coefficient (Wildman–Crippen LogP) is -1.53. The molecule has 1 rings (SSSR count). The maximum Gasteiger partial charge on any atom is 0.243 e. The first-order valence-electron chi connectivity index (χ1n) is 13.2. The SMILES string of the molecule is CCCOCC(=O)[C@H](C)NCC(=O)[C@H](CC(N)=O)NC(=O)[C@H](CCC(N)=O)NC(=O)[C@H](Cc1ccccc1)NC. The van der Waals surface area contributed by atoms with Crippen molar-refractivity contribution >= 4 is 35.2 Å². The van der Waals surface area contributed by atoms with E-state index in [2.05, 4.69) is 21.3 Å². The van der Waals surface area contributed by atoms with E-state index in [4.69, 9.17) is 16.2 Å². The third kappa shape index (κ3) is 13.4. The molecule has 1 aromatic rings. The molecule has 40 heavy (non-hydrogen) atoms. The highest BCUT2D eigenvalue weighted by Crippen LogP contribution is 2.06. The van der Waals surface area contributed by atoms with Crippen LogP contribution < -0.4 is 32.7 Å². The third-order valence-corrected chi connectivity index (χ3v) is 6.03. The minimum absolute atomic E-state index is 0.114. The number of primary amides is 2. The molecule has 4 amide bonds. The fraction of sp³-hybridized carbons (Fsp3) is 0.556. The molecule has 0 bridgehead atoms. The summed E-state index contributed by atoms with van der Waals surface area (Å²) in [5.41, 5.74) is 11.4. The number of ether oxygens (including phenoxy) is 1. The zero-order valence-electron chi connectivity index (χ0n) is 23.4. The molecule has 0 aromatic heterocycles. The number of Topliss-reactive ketones (excluding diaryl/α,β-unsaturated/α-hetero) is 2. The van der Waals surface area contributed by atoms with E-state index in [0.29, 0.717) is 13.0 Å². The minimum atomic E-state index is -1.33. The van der Waals surface area contributed by atoms with Crippen molar-refractivity contribution in [3.05, 3.63) is 35.9 Å². The molecule has 0 spiro atoms. The number of nitrogens with one attached hydrogen (secondary N) is 4. The molecule has 4 atom stereocenters. The molecule has 0 aliphatic carbocycles. The van der Waals surface area contributed by atoms with Crippen LogP contribution in [-0.4, -0.2) is 86.2 Å². The van der Waals surface area contributed by atoms with Gasteiger partial charge in [0.1, 0.15) is 12.6 Å². The predicted molar refractivity (Wildman–Crippen MR) is 148 cm³/mol. The summed E-state index contributed by atoms with van der Waals surface area (Å²) in [6.07, 6.45) is 0.246. The van der Waals surface area contributed by atoms with Gasteiger partial charge in [-0.25, -0.2) is 0 Å². The number of rotatable bonds is 21. The number of nitrogens with two attached hydrogens (primary N) is 2. The number of ketones is 2. The Morgan fingerprint density at radius 3 is 2.08 bits per heavy atom. The van der Waals surface area contributed by atoms with Gasteiger partial charge in [0.15, 0.2) is 11.6 Å². The Hall–Kier alpha value is -3.68. The second-order valence-electron chi connectivity index (χ2n) is 9.42. The second kappa shape index (κ2) is 18.6. The maximum absolute atomic E-state index is 13.2. The van der Waals surface area contributed by atoms with E-state index in [1.165, 1.54) is 0 Å². The van der Waals surface area contributed by atoms with E-state index in [0.717, 1.165) is 12.0 Å². The molecule has 0 saturated heterocycles. The first-order valence-corrected chi connectivity index (χ1v) is 13.2. The summed E-state index contributed by atoms with van der Waals surface area (Å²) in [7, 11) is 1.60. The van der Waals surface area contributed by atoms with Gasteiger partial charge in [0, 0.05) is 13.0 Å². The molecule has 0 fully saturated rings. The Bertz CT molecular complexity index is 1000. The van der Waals surface area contributed by atoms with Crippen LogP contribution in [0.25, 0.3) is 0 Å². The van der Waals surface area contributed by atoms with Gasteiger partial charge in [-0.05, 0) is 38.8 Å². The van der Waals surface area contributed by atoms with Crippen molar-refractivity contribution in [2.24, 2.45) is 11.5 Å². The molecule has 0 radical (unpaired) electrons. The number of carbonyl (C=O) groups is 6. The quantitative estimate of drug-likeness (QED) is 0.0958. The number of likely N-dealkylation sites (N-methyl/N-ethyl adjacent to an activating group) is 1. The van der Waals surface area contributed by atoms with Gasteiger partial charge in [-0.2, -0.15) is 0 Å². The summed E-state index contributed by atoms with van der Waals surface area (Å²) < 4.78 is 5.22. The van der Waals surface area contributed by atoms with Crippen LogP contribution in [0, 0.1) is 0 Å². The highest BCUT2D eigenvalue weighted by atomic mass is 16.5. The molecule has 13 heteroatoms. The van der Waals surface area contributed by atoms with E-state index >= 15 is 0 Å². The topological polar surface area (TPSA) is 212 Å². The second-order valence-corrected chi connectivity index (χ2v) is 9.42. The Morgan fingerprint density at radius 2 is 1.50 bits per heavy atom. The van der Waals surface area contributed by atoms with E-state index in [9.17, 15) is 28.8 Å². The fourth-order valence-electron chi connectivity index (χ4n) is 3.66. The van der Waals surface area contributed by atoms with Crippen LogP contribution in [0.4, 0.5) is 0 Å². The molecule has 0 unspecified atom stereocenters. The van der Waals surface area contributed by atoms with Crippen molar-refractivity contribution in [1.29, 1.82) is 0 Å². The minimum Gasteiger partial charge on any atom is -0.374 e. The molecule has 0 saturated carbocycles. The lowest BCUT2D eigenvalue weighted by Gasteiger charge is -2.24. The largest absolute Gasteiger partial charge is 0.374 e. The summed E-state index contributed by atoms with van der Waals surface area (Å²) in [6, 6.07) is 5.28. The average molecular weight is 563 g/mol. The van der Waals surface area contributed by atoms with Gasteiger partial charge in [-0.3, -0.25) is 28.8 Å². The molecule has 1 aromatic carbocycles. The summed E-state index contributed by atoms with van der Waals surface area (Å²) in [4.78, 5) is 74.2. The zero-order chi connectivity index (χ0) is 30.1. The molecule has 222 valence electrons. The van der Waals surface area contributed by atoms with E-state index < -0.39 is 60.0 Å². The van der Waals surface area contributed by atoms with Crippen molar-refractivity contribution in [1.82, 2.24) is 21.3 Å². The molecular weight excluding hydrogens is 520 g/mol. The first kappa shape index (κ1) is 34.3. The molecule has 0 aliphatic heterocycles. The van der Waals surface area contributed by atoms with Crippen LogP contribution in [0.5, 0.6) is 0 Å². The van der Waals surface area contributed by atoms with E-state index in [1.54, 1.807) is 14.0 Å². The van der Waals surface area contributed by atoms with Crippen molar-refractivity contribution in [2.45, 2.75) is 70.1 Å². The van der Waals surface area contributed by atoms with Gasteiger partial charge in [0.25, 0.3) is 0 Å². The lowest BCUT2D eigenvalue weighted by atomic mass is 10.0. The fourth-order valence-corrected chi connectivity index (χ4v) is 3.66. The number of carbonyl (C=O) groups excluding carboxylic acids is 6. The van der Waals surface area contributed by atoms with Crippen molar-refractivity contribution < 1.29 is 33.5 Å². The van der Waals surface area contributed by atoms with E-state index in [-0.39, 0.29) is 31.8 Å². The van der Waals surface area contributed by atoms with Crippen LogP contribution in [0.2, 0.25) is 0 Å². The normalized spacial score (nSPS) is 13.9. The first-order chi connectivity index (χ1) is 19.0. The standard InChI is InChI=1S/C27H42N6O7/c1-4-12-40-16-23(35)17(2)31-15-22(34)20(14-25(29)37)33-26(38)19(10-11-24(28)36)32-27(39)21(30-3)13-18-8-6-5-7-9-18/h5-9,17,19-21,30-31H,4,10-16H2,1-3H3,(H2,28,36)(H2,29,37)(H,32,39)(H,33,38)/t17-,19-,20-,21-/m0/s1. The van der Waals surface area contributed by atoms with Gasteiger partial charge in [0.05, 0.1) is 31.1 Å². The number of hydrogen-bond donors (Lipinski definition) is 6. The third-order valence-electron chi connectivity index (χ3n) is 6.03. The summed E-state index contributed by atoms with van der Waals surface area (Å²) in [6.45, 7) is 3.45. The molecule has 0 aliphatic rings. The number of benzene rings is 1. The van der Waals surface area contributed by atoms with Gasteiger partial charge in [-0.15, -0.1) is 0 Å².